The smallest absolute Gasteiger partial charge is 0.185 e. The van der Waals surface area contributed by atoms with Gasteiger partial charge in [0.15, 0.2) is 5.88 Å². The molecule has 0 aromatic rings. The zero-order valence-corrected chi connectivity index (χ0v) is 6.55. The van der Waals surface area contributed by atoms with Gasteiger partial charge in [-0.1, -0.05) is 0 Å². The molecule has 0 unspecified atom stereocenters. The minimum absolute atomic E-state index is 0.142. The fourth-order valence-electron chi connectivity index (χ4n) is 0.574. The molecule has 0 aromatic carbocycles. The van der Waals surface area contributed by atoms with Gasteiger partial charge in [0.25, 0.3) is 0 Å². The normalized spacial score (nSPS) is 11.4. The molecule has 0 amide bonds. The highest BCUT2D eigenvalue weighted by molar-refractivity contribution is 4.91. The molecular weight excluding hydrogens is 144 g/mol. The lowest BCUT2D eigenvalue weighted by Crippen LogP contribution is -2.25. The van der Waals surface area contributed by atoms with Crippen molar-refractivity contribution in [3.63, 3.8) is 0 Å². The summed E-state index contributed by atoms with van der Waals surface area (Å²) in [4.78, 5) is 0. The largest absolute Gasteiger partial charge is 0.464 e. The van der Waals surface area contributed by atoms with Crippen LogP contribution in [0.2, 0.25) is 0 Å². The zero-order chi connectivity index (χ0) is 8.53. The van der Waals surface area contributed by atoms with Crippen LogP contribution in [0, 0.1) is 0 Å². The van der Waals surface area contributed by atoms with Crippen molar-refractivity contribution in [2.75, 3.05) is 26.4 Å². The van der Waals surface area contributed by atoms with E-state index in [1.165, 1.54) is 0 Å². The van der Waals surface area contributed by atoms with E-state index in [2.05, 4.69) is 5.32 Å². The third-order valence-electron chi connectivity index (χ3n) is 0.986. The molecule has 5 heteroatoms. The maximum atomic E-state index is 5.26. The van der Waals surface area contributed by atoms with Crippen LogP contribution in [0.25, 0.3) is 0 Å². The summed E-state index contributed by atoms with van der Waals surface area (Å²) in [5.41, 5.74) is 15.7. The fourth-order valence-corrected chi connectivity index (χ4v) is 0.574. The lowest BCUT2D eigenvalue weighted by Gasteiger charge is -2.09. The van der Waals surface area contributed by atoms with Gasteiger partial charge in [-0.2, -0.15) is 0 Å². The minimum Gasteiger partial charge on any atom is -0.464 e. The Bertz CT molecular complexity index is 115. The molecule has 5 nitrogen and oxygen atoms in total. The average molecular weight is 160 g/mol. The molecule has 66 valence electrons. The summed E-state index contributed by atoms with van der Waals surface area (Å²) in [7, 11) is 0. The SMILES string of the molecule is NC/C=C(/NCCN)OCN. The molecule has 0 atom stereocenters. The van der Waals surface area contributed by atoms with E-state index in [-0.39, 0.29) is 6.73 Å². The lowest BCUT2D eigenvalue weighted by molar-refractivity contribution is 0.198. The van der Waals surface area contributed by atoms with Crippen LogP contribution >= 0.6 is 0 Å². The standard InChI is InChI=1S/C6H16N4O/c7-2-1-6(11-5-9)10-4-3-8/h1,10H,2-5,7-9H2/b6-1-. The van der Waals surface area contributed by atoms with Crippen LogP contribution in [0.15, 0.2) is 12.0 Å². The number of hydrogen-bond donors (Lipinski definition) is 4. The van der Waals surface area contributed by atoms with E-state index in [4.69, 9.17) is 21.9 Å². The Morgan fingerprint density at radius 2 is 2.09 bits per heavy atom. The number of rotatable bonds is 6. The molecule has 0 rings (SSSR count). The number of hydrogen-bond acceptors (Lipinski definition) is 5. The van der Waals surface area contributed by atoms with E-state index >= 15 is 0 Å². The first-order valence-corrected chi connectivity index (χ1v) is 3.52. The Labute approximate surface area is 66.6 Å². The molecule has 0 saturated carbocycles. The molecule has 0 aliphatic carbocycles. The lowest BCUT2D eigenvalue weighted by atomic mass is 10.5. The highest BCUT2D eigenvalue weighted by Gasteiger charge is 1.92. The zero-order valence-electron chi connectivity index (χ0n) is 6.55. The maximum absolute atomic E-state index is 5.26. The molecule has 11 heavy (non-hydrogen) atoms. The molecule has 0 aliphatic heterocycles. The van der Waals surface area contributed by atoms with Gasteiger partial charge in [-0.25, -0.2) is 0 Å². The molecule has 0 aliphatic rings. The van der Waals surface area contributed by atoms with Gasteiger partial charge >= 0.3 is 0 Å². The molecule has 0 heterocycles. The summed E-state index contributed by atoms with van der Waals surface area (Å²) in [6, 6.07) is 0. The summed E-state index contributed by atoms with van der Waals surface area (Å²) >= 11 is 0. The van der Waals surface area contributed by atoms with Crippen LogP contribution in [0.4, 0.5) is 0 Å². The van der Waals surface area contributed by atoms with Crippen molar-refractivity contribution in [1.82, 2.24) is 5.32 Å². The molecule has 0 bridgehead atoms. The molecule has 0 radical (unpaired) electrons. The molecule has 0 saturated heterocycles. The highest BCUT2D eigenvalue weighted by Crippen LogP contribution is 1.87. The second-order valence-electron chi connectivity index (χ2n) is 1.83. The van der Waals surface area contributed by atoms with Crippen molar-refractivity contribution in [3.8, 4) is 0 Å². The summed E-state index contributed by atoms with van der Waals surface area (Å²) < 4.78 is 4.98. The van der Waals surface area contributed by atoms with Crippen molar-refractivity contribution < 1.29 is 4.74 Å². The quantitative estimate of drug-likeness (QED) is 0.273. The van der Waals surface area contributed by atoms with Crippen LogP contribution in [-0.4, -0.2) is 26.4 Å². The van der Waals surface area contributed by atoms with E-state index in [9.17, 15) is 0 Å². The van der Waals surface area contributed by atoms with Crippen LogP contribution in [0.3, 0.4) is 0 Å². The highest BCUT2D eigenvalue weighted by atomic mass is 16.5. The van der Waals surface area contributed by atoms with Gasteiger partial charge in [0, 0.05) is 19.6 Å². The van der Waals surface area contributed by atoms with Gasteiger partial charge in [0.1, 0.15) is 6.73 Å². The van der Waals surface area contributed by atoms with Crippen LogP contribution in [0.5, 0.6) is 0 Å². The first-order chi connectivity index (χ1) is 5.35. The first-order valence-electron chi connectivity index (χ1n) is 3.52. The summed E-state index contributed by atoms with van der Waals surface area (Å²) in [6.07, 6.45) is 1.71. The molecule has 7 N–H and O–H groups in total. The van der Waals surface area contributed by atoms with Gasteiger partial charge < -0.3 is 21.5 Å². The van der Waals surface area contributed by atoms with E-state index in [1.807, 2.05) is 0 Å². The van der Waals surface area contributed by atoms with Crippen LogP contribution in [0.1, 0.15) is 0 Å². The van der Waals surface area contributed by atoms with Crippen molar-refractivity contribution in [1.29, 1.82) is 0 Å². The predicted octanol–water partition coefficient (Wildman–Crippen LogP) is -1.73. The van der Waals surface area contributed by atoms with Gasteiger partial charge in [0.2, 0.25) is 0 Å². The molecular formula is C6H16N4O. The Morgan fingerprint density at radius 1 is 1.36 bits per heavy atom. The topological polar surface area (TPSA) is 99.3 Å². The van der Waals surface area contributed by atoms with Gasteiger partial charge in [-0.15, -0.1) is 0 Å². The number of nitrogens with one attached hydrogen (secondary N) is 1. The third-order valence-corrected chi connectivity index (χ3v) is 0.986. The maximum Gasteiger partial charge on any atom is 0.185 e. The second kappa shape index (κ2) is 7.33. The van der Waals surface area contributed by atoms with Crippen molar-refractivity contribution in [2.45, 2.75) is 0 Å². The van der Waals surface area contributed by atoms with E-state index in [0.717, 1.165) is 0 Å². The van der Waals surface area contributed by atoms with Crippen LogP contribution < -0.4 is 22.5 Å². The van der Waals surface area contributed by atoms with Gasteiger partial charge in [-0.05, 0) is 6.08 Å². The van der Waals surface area contributed by atoms with Crippen molar-refractivity contribution in [3.05, 3.63) is 12.0 Å². The Kier molecular flexibility index (Phi) is 6.81. The van der Waals surface area contributed by atoms with E-state index < -0.39 is 0 Å². The second-order valence-corrected chi connectivity index (χ2v) is 1.83. The van der Waals surface area contributed by atoms with Crippen LogP contribution in [-0.2, 0) is 4.74 Å². The number of ether oxygens (including phenoxy) is 1. The van der Waals surface area contributed by atoms with Crippen molar-refractivity contribution >= 4 is 0 Å². The van der Waals surface area contributed by atoms with Gasteiger partial charge in [0.05, 0.1) is 0 Å². The Hall–Kier alpha value is -0.780. The molecule has 0 aromatic heterocycles. The van der Waals surface area contributed by atoms with Gasteiger partial charge in [-0.3, -0.25) is 5.73 Å². The van der Waals surface area contributed by atoms with E-state index in [0.29, 0.717) is 25.5 Å². The predicted molar refractivity (Wildman–Crippen MR) is 44.3 cm³/mol. The van der Waals surface area contributed by atoms with E-state index in [1.54, 1.807) is 6.08 Å². The van der Waals surface area contributed by atoms with Crippen molar-refractivity contribution in [2.24, 2.45) is 17.2 Å². The summed E-state index contributed by atoms with van der Waals surface area (Å²) in [5, 5.41) is 2.93. The average Bonchev–Trinajstić information content (AvgIpc) is 2.01. The third kappa shape index (κ3) is 5.65. The summed E-state index contributed by atoms with van der Waals surface area (Å²) in [5.74, 6) is 0.598. The minimum atomic E-state index is 0.142. The molecule has 0 fully saturated rings. The monoisotopic (exact) mass is 160 g/mol. The Morgan fingerprint density at radius 3 is 2.55 bits per heavy atom. The summed E-state index contributed by atoms with van der Waals surface area (Å²) in [6.45, 7) is 1.78. The first kappa shape index (κ1) is 10.2. The number of nitrogens with two attached hydrogens (primary N) is 3. The molecule has 0 spiro atoms. The fraction of sp³-hybridized carbons (Fsp3) is 0.667. The Balaban J connectivity index is 3.60.